The maximum absolute atomic E-state index is 6.39. The fraction of sp³-hybridized carbons (Fsp3) is 0. The summed E-state index contributed by atoms with van der Waals surface area (Å²) in [4.78, 5) is 10.4. The molecule has 0 aliphatic carbocycles. The molecule has 0 bridgehead atoms. The van der Waals surface area contributed by atoms with Crippen molar-refractivity contribution >= 4 is 132 Å². The van der Waals surface area contributed by atoms with Gasteiger partial charge in [0.1, 0.15) is 32.7 Å². The van der Waals surface area contributed by atoms with E-state index in [1.54, 1.807) is 11.3 Å². The minimum absolute atomic E-state index is 0.474. The van der Waals surface area contributed by atoms with E-state index in [1.165, 1.54) is 10.8 Å². The first-order valence-electron chi connectivity index (χ1n) is 20.2. The summed E-state index contributed by atoms with van der Waals surface area (Å²) in [6, 6.07) is 65.5. The van der Waals surface area contributed by atoms with Crippen LogP contribution in [0.15, 0.2) is 197 Å². The molecule has 13 rings (SSSR count). The van der Waals surface area contributed by atoms with Crippen molar-refractivity contribution < 1.29 is 8.83 Å². The Balaban J connectivity index is 0.961. The predicted molar refractivity (Wildman–Crippen MR) is 252 cm³/mol. The molecule has 0 unspecified atom stereocenters. The van der Waals surface area contributed by atoms with Gasteiger partial charge in [0.05, 0.1) is 5.69 Å². The number of hydrogen-bond acceptors (Lipinski definition) is 8. The van der Waals surface area contributed by atoms with Gasteiger partial charge in [0, 0.05) is 66.5 Å². The van der Waals surface area contributed by atoms with Crippen molar-refractivity contribution in [3.05, 3.63) is 188 Å². The molecular weight excluding hydrogens is 771 g/mol. The zero-order valence-corrected chi connectivity index (χ0v) is 33.2. The summed E-state index contributed by atoms with van der Waals surface area (Å²) >= 11 is 1.62. The summed E-state index contributed by atoms with van der Waals surface area (Å²) in [6.07, 6.45) is 0. The Labute approximate surface area is 351 Å². The summed E-state index contributed by atoms with van der Waals surface area (Å²) in [5, 5.41) is 19.7. The van der Waals surface area contributed by atoms with Gasteiger partial charge < -0.3 is 13.7 Å². The molecular formula is C53H31N5O2S. The summed E-state index contributed by atoms with van der Waals surface area (Å²) in [6.45, 7) is 0. The van der Waals surface area contributed by atoms with E-state index in [0.29, 0.717) is 5.95 Å². The van der Waals surface area contributed by atoms with Crippen molar-refractivity contribution in [2.75, 3.05) is 9.80 Å². The van der Waals surface area contributed by atoms with E-state index >= 15 is 0 Å². The molecule has 7 nitrogen and oxygen atoms in total. The number of aromatic nitrogens is 3. The van der Waals surface area contributed by atoms with Crippen LogP contribution in [0.4, 0.5) is 34.4 Å². The molecule has 0 radical (unpaired) electrons. The average Bonchev–Trinajstić information content (AvgIpc) is 3.99. The largest absolute Gasteiger partial charge is 0.456 e. The van der Waals surface area contributed by atoms with Gasteiger partial charge in [-0.1, -0.05) is 97.1 Å². The number of fused-ring (bicyclic) bond motifs is 11. The van der Waals surface area contributed by atoms with Gasteiger partial charge in [-0.25, -0.2) is 0 Å². The highest BCUT2D eigenvalue weighted by Crippen LogP contribution is 2.44. The van der Waals surface area contributed by atoms with Crippen LogP contribution in [0.2, 0.25) is 0 Å². The molecule has 13 aromatic rings. The second kappa shape index (κ2) is 13.2. The molecule has 0 saturated heterocycles. The zero-order chi connectivity index (χ0) is 40.0. The van der Waals surface area contributed by atoms with Crippen LogP contribution in [0.3, 0.4) is 0 Å². The van der Waals surface area contributed by atoms with Gasteiger partial charge in [-0.15, -0.1) is 21.5 Å². The molecule has 0 aliphatic rings. The molecule has 0 fully saturated rings. The Bertz CT molecular complexity index is 3630. The lowest BCUT2D eigenvalue weighted by molar-refractivity contribution is 0.668. The van der Waals surface area contributed by atoms with E-state index < -0.39 is 0 Å². The van der Waals surface area contributed by atoms with Crippen LogP contribution in [0.25, 0.3) is 85.9 Å². The number of anilines is 6. The van der Waals surface area contributed by atoms with Crippen LogP contribution >= 0.6 is 11.3 Å². The van der Waals surface area contributed by atoms with Crippen LogP contribution in [-0.4, -0.2) is 15.2 Å². The highest BCUT2D eigenvalue weighted by Gasteiger charge is 2.22. The predicted octanol–water partition coefficient (Wildman–Crippen LogP) is 15.3. The molecule has 4 aromatic heterocycles. The molecule has 9 aromatic carbocycles. The maximum Gasteiger partial charge on any atom is 0.255 e. The van der Waals surface area contributed by atoms with E-state index in [2.05, 4.69) is 168 Å². The summed E-state index contributed by atoms with van der Waals surface area (Å²) in [5.41, 5.74) is 8.98. The number of thiophene rings is 1. The highest BCUT2D eigenvalue weighted by atomic mass is 32.1. The van der Waals surface area contributed by atoms with Gasteiger partial charge >= 0.3 is 0 Å². The fourth-order valence-corrected chi connectivity index (χ4v) is 9.88. The summed E-state index contributed by atoms with van der Waals surface area (Å²) < 4.78 is 13.8. The van der Waals surface area contributed by atoms with Crippen LogP contribution in [0.5, 0.6) is 0 Å². The fourth-order valence-electron chi connectivity index (χ4n) is 8.84. The van der Waals surface area contributed by atoms with Gasteiger partial charge in [0.25, 0.3) is 5.95 Å². The van der Waals surface area contributed by atoms with Crippen LogP contribution in [-0.2, 0) is 0 Å². The first kappa shape index (κ1) is 33.9. The van der Waals surface area contributed by atoms with Crippen molar-refractivity contribution in [1.82, 2.24) is 15.2 Å². The van der Waals surface area contributed by atoms with Crippen molar-refractivity contribution in [1.29, 1.82) is 0 Å². The number of rotatable bonds is 6. The van der Waals surface area contributed by atoms with E-state index in [1.807, 2.05) is 30.3 Å². The molecule has 61 heavy (non-hydrogen) atoms. The van der Waals surface area contributed by atoms with E-state index in [4.69, 9.17) is 24.0 Å². The molecule has 0 amide bonds. The molecule has 0 spiro atoms. The summed E-state index contributed by atoms with van der Waals surface area (Å²) in [7, 11) is 0. The third-order valence-corrected chi connectivity index (χ3v) is 12.8. The third-order valence-electron chi connectivity index (χ3n) is 11.8. The normalized spacial score (nSPS) is 11.9. The SMILES string of the molecule is c1ccc2cc(N(c3ccc4c(c3)oc3ccccc34)c3ccc4c(c3)sc3nc(N(c5ccc6ccccc6c5)c5ccc6c(c5)oc5ccccc56)nnc34)ccc2c1. The lowest BCUT2D eigenvalue weighted by atomic mass is 10.1. The highest BCUT2D eigenvalue weighted by molar-refractivity contribution is 7.25. The maximum atomic E-state index is 6.39. The van der Waals surface area contributed by atoms with Crippen molar-refractivity contribution in [3.8, 4) is 0 Å². The van der Waals surface area contributed by atoms with Crippen LogP contribution in [0, 0.1) is 0 Å². The first-order valence-corrected chi connectivity index (χ1v) is 21.0. The van der Waals surface area contributed by atoms with Gasteiger partial charge in [-0.05, 0) is 100 Å². The molecule has 0 N–H and O–H groups in total. The van der Waals surface area contributed by atoms with E-state index in [-0.39, 0.29) is 0 Å². The molecule has 0 aliphatic heterocycles. The Morgan fingerprint density at radius 3 is 1.44 bits per heavy atom. The first-order chi connectivity index (χ1) is 30.2. The Morgan fingerprint density at radius 1 is 0.361 bits per heavy atom. The van der Waals surface area contributed by atoms with Crippen LogP contribution < -0.4 is 9.80 Å². The van der Waals surface area contributed by atoms with E-state index in [0.717, 1.165) is 104 Å². The molecule has 286 valence electrons. The number of furan rings is 2. The van der Waals surface area contributed by atoms with E-state index in [9.17, 15) is 0 Å². The summed E-state index contributed by atoms with van der Waals surface area (Å²) in [5.74, 6) is 0.474. The quantitative estimate of drug-likeness (QED) is 0.166. The van der Waals surface area contributed by atoms with Crippen molar-refractivity contribution in [2.45, 2.75) is 0 Å². The monoisotopic (exact) mass is 801 g/mol. The molecule has 0 saturated carbocycles. The Morgan fingerprint density at radius 2 is 0.820 bits per heavy atom. The van der Waals surface area contributed by atoms with Crippen molar-refractivity contribution in [2.24, 2.45) is 0 Å². The number of para-hydroxylation sites is 2. The Kier molecular flexibility index (Phi) is 7.34. The van der Waals surface area contributed by atoms with Gasteiger partial charge in [-0.2, -0.15) is 4.98 Å². The lowest BCUT2D eigenvalue weighted by Crippen LogP contribution is -2.14. The van der Waals surface area contributed by atoms with Gasteiger partial charge in [0.15, 0.2) is 0 Å². The molecule has 0 atom stereocenters. The third kappa shape index (κ3) is 5.46. The molecule has 4 heterocycles. The zero-order valence-electron chi connectivity index (χ0n) is 32.4. The molecule has 8 heteroatoms. The minimum Gasteiger partial charge on any atom is -0.456 e. The number of nitrogens with zero attached hydrogens (tertiary/aromatic N) is 5. The number of benzene rings is 9. The Hall–Kier alpha value is -8.07. The van der Waals surface area contributed by atoms with Crippen molar-refractivity contribution in [3.63, 3.8) is 0 Å². The standard InChI is InChI=1S/C53H31N5O2S/c1-3-11-34-27-36(19-17-32(34)9-1)57(38-21-24-43-41-13-5-7-15-46(41)59-48(43)29-38)40-23-26-45-50(31-40)61-52-51(45)55-56-53(54-52)58(37-20-18-33-10-2-4-12-35(33)28-37)39-22-25-44-42-14-6-8-16-47(42)60-49(44)30-39/h1-31H. The average molecular weight is 802 g/mol. The smallest absolute Gasteiger partial charge is 0.255 e. The van der Waals surface area contributed by atoms with Gasteiger partial charge in [-0.3, -0.25) is 4.90 Å². The second-order valence-corrected chi connectivity index (χ2v) is 16.4. The lowest BCUT2D eigenvalue weighted by Gasteiger charge is -2.26. The second-order valence-electron chi connectivity index (χ2n) is 15.3. The van der Waals surface area contributed by atoms with Crippen LogP contribution in [0.1, 0.15) is 0 Å². The topological polar surface area (TPSA) is 71.4 Å². The number of hydrogen-bond donors (Lipinski definition) is 0. The minimum atomic E-state index is 0.474. The van der Waals surface area contributed by atoms with Gasteiger partial charge in [0.2, 0.25) is 0 Å².